The molecule has 2 amide bonds. The molecule has 0 unspecified atom stereocenters. The number of ether oxygens (including phenoxy) is 3. The van der Waals surface area contributed by atoms with Crippen molar-refractivity contribution in [2.45, 2.75) is 13.1 Å². The molecule has 0 aromatic heterocycles. The number of urea groups is 1. The zero-order chi connectivity index (χ0) is 21.6. The molecule has 1 aliphatic heterocycles. The summed E-state index contributed by atoms with van der Waals surface area (Å²) in [4.78, 5) is 14.8. The molecule has 0 fully saturated rings. The Morgan fingerprint density at radius 1 is 1.03 bits per heavy atom. The van der Waals surface area contributed by atoms with Crippen LogP contribution in [0.25, 0.3) is 0 Å². The van der Waals surface area contributed by atoms with E-state index in [1.807, 2.05) is 42.5 Å². The minimum atomic E-state index is -0.274. The van der Waals surface area contributed by atoms with Gasteiger partial charge in [-0.3, -0.25) is 0 Å². The van der Waals surface area contributed by atoms with E-state index in [0.717, 1.165) is 16.9 Å². The first-order valence-corrected chi connectivity index (χ1v) is 9.72. The van der Waals surface area contributed by atoms with Crippen LogP contribution in [-0.2, 0) is 13.1 Å². The minimum Gasteiger partial charge on any atom is -0.497 e. The van der Waals surface area contributed by atoms with Gasteiger partial charge in [0.1, 0.15) is 5.75 Å². The van der Waals surface area contributed by atoms with Crippen LogP contribution >= 0.6 is 0 Å². The second-order valence-corrected chi connectivity index (χ2v) is 7.01. The fourth-order valence-corrected chi connectivity index (χ4v) is 3.28. The average molecular weight is 415 g/mol. The molecular formula is C24H21N3O4. The summed E-state index contributed by atoms with van der Waals surface area (Å²) < 4.78 is 16.0. The van der Waals surface area contributed by atoms with Crippen LogP contribution in [0.1, 0.15) is 16.7 Å². The Morgan fingerprint density at radius 2 is 1.77 bits per heavy atom. The van der Waals surface area contributed by atoms with E-state index in [9.17, 15) is 4.79 Å². The molecule has 3 aromatic carbocycles. The van der Waals surface area contributed by atoms with E-state index in [1.54, 1.807) is 36.3 Å². The van der Waals surface area contributed by atoms with Crippen molar-refractivity contribution in [1.29, 1.82) is 5.26 Å². The summed E-state index contributed by atoms with van der Waals surface area (Å²) in [6, 6.07) is 21.9. The molecule has 4 rings (SSSR count). The Morgan fingerprint density at radius 3 is 2.55 bits per heavy atom. The molecule has 1 aliphatic rings. The first-order valence-electron chi connectivity index (χ1n) is 9.72. The van der Waals surface area contributed by atoms with E-state index in [1.165, 1.54) is 0 Å². The molecule has 3 aromatic rings. The maximum absolute atomic E-state index is 13.1. The molecular weight excluding hydrogens is 394 g/mol. The van der Waals surface area contributed by atoms with Gasteiger partial charge in [0, 0.05) is 18.8 Å². The van der Waals surface area contributed by atoms with E-state index in [2.05, 4.69) is 11.4 Å². The molecule has 0 saturated carbocycles. The Labute approximate surface area is 180 Å². The lowest BCUT2D eigenvalue weighted by Gasteiger charge is -2.24. The number of nitrogens with zero attached hydrogens (tertiary/aromatic N) is 2. The second kappa shape index (κ2) is 9.09. The lowest BCUT2D eigenvalue weighted by atomic mass is 10.1. The molecule has 31 heavy (non-hydrogen) atoms. The maximum Gasteiger partial charge on any atom is 0.322 e. The van der Waals surface area contributed by atoms with E-state index >= 15 is 0 Å². The molecule has 0 saturated heterocycles. The zero-order valence-corrected chi connectivity index (χ0v) is 17.0. The Hall–Kier alpha value is -4.18. The first kappa shape index (κ1) is 20.1. The number of hydrogen-bond acceptors (Lipinski definition) is 5. The molecule has 1 heterocycles. The Bertz CT molecular complexity index is 1120. The predicted octanol–water partition coefficient (Wildman–Crippen LogP) is 4.53. The second-order valence-electron chi connectivity index (χ2n) is 7.01. The minimum absolute atomic E-state index is 0.198. The number of benzene rings is 3. The smallest absolute Gasteiger partial charge is 0.322 e. The molecule has 0 aliphatic carbocycles. The summed E-state index contributed by atoms with van der Waals surface area (Å²) >= 11 is 0. The van der Waals surface area contributed by atoms with Crippen LogP contribution in [0.4, 0.5) is 10.5 Å². The van der Waals surface area contributed by atoms with Gasteiger partial charge in [0.15, 0.2) is 11.5 Å². The van der Waals surface area contributed by atoms with Crippen molar-refractivity contribution in [3.8, 4) is 23.3 Å². The van der Waals surface area contributed by atoms with Crippen molar-refractivity contribution in [1.82, 2.24) is 4.90 Å². The predicted molar refractivity (Wildman–Crippen MR) is 115 cm³/mol. The maximum atomic E-state index is 13.1. The lowest BCUT2D eigenvalue weighted by Crippen LogP contribution is -2.34. The summed E-state index contributed by atoms with van der Waals surface area (Å²) in [5, 5.41) is 12.0. The first-order chi connectivity index (χ1) is 15.1. The van der Waals surface area contributed by atoms with Crippen LogP contribution < -0.4 is 19.5 Å². The third-order valence-corrected chi connectivity index (χ3v) is 4.87. The van der Waals surface area contributed by atoms with Gasteiger partial charge in [-0.15, -0.1) is 0 Å². The summed E-state index contributed by atoms with van der Waals surface area (Å²) in [5.74, 6) is 2.12. The van der Waals surface area contributed by atoms with E-state index in [4.69, 9.17) is 19.5 Å². The number of hydrogen-bond donors (Lipinski definition) is 1. The molecule has 0 spiro atoms. The van der Waals surface area contributed by atoms with Crippen molar-refractivity contribution in [3.05, 3.63) is 83.4 Å². The summed E-state index contributed by atoms with van der Waals surface area (Å²) in [6.07, 6.45) is 0. The highest BCUT2D eigenvalue weighted by molar-refractivity contribution is 5.89. The van der Waals surface area contributed by atoms with E-state index in [0.29, 0.717) is 35.8 Å². The lowest BCUT2D eigenvalue weighted by molar-refractivity contribution is 0.174. The Balaban J connectivity index is 1.56. The van der Waals surface area contributed by atoms with Gasteiger partial charge in [-0.1, -0.05) is 24.3 Å². The summed E-state index contributed by atoms with van der Waals surface area (Å²) in [5.41, 5.74) is 2.92. The summed E-state index contributed by atoms with van der Waals surface area (Å²) in [6.45, 7) is 0.957. The van der Waals surface area contributed by atoms with Crippen molar-refractivity contribution in [2.75, 3.05) is 19.2 Å². The van der Waals surface area contributed by atoms with Crippen LogP contribution in [0.2, 0.25) is 0 Å². The fraction of sp³-hybridized carbons (Fsp3) is 0.167. The monoisotopic (exact) mass is 415 g/mol. The van der Waals surface area contributed by atoms with E-state index in [-0.39, 0.29) is 12.8 Å². The average Bonchev–Trinajstić information content (AvgIpc) is 3.27. The topological polar surface area (TPSA) is 83.8 Å². The number of carbonyl (C=O) groups excluding carboxylic acids is 1. The highest BCUT2D eigenvalue weighted by Crippen LogP contribution is 2.33. The van der Waals surface area contributed by atoms with Gasteiger partial charge in [-0.2, -0.15) is 5.26 Å². The number of amides is 2. The molecule has 1 N–H and O–H groups in total. The van der Waals surface area contributed by atoms with Crippen LogP contribution in [-0.4, -0.2) is 24.8 Å². The third-order valence-electron chi connectivity index (χ3n) is 4.87. The highest BCUT2D eigenvalue weighted by atomic mass is 16.7. The number of nitrogens with one attached hydrogen (secondary N) is 1. The van der Waals surface area contributed by atoms with Gasteiger partial charge in [0.2, 0.25) is 6.79 Å². The standard InChI is InChI=1S/C24H21N3O4/c1-29-21-8-5-17(6-9-21)14-27(15-19-7-10-22-23(12-19)31-16-30-22)24(28)26-20-4-2-3-18(11-20)13-25/h2-12H,14-16H2,1H3,(H,26,28). The number of rotatable bonds is 6. The molecule has 0 radical (unpaired) electrons. The quantitative estimate of drug-likeness (QED) is 0.639. The molecule has 156 valence electrons. The van der Waals surface area contributed by atoms with Crippen LogP contribution in [0, 0.1) is 11.3 Å². The largest absolute Gasteiger partial charge is 0.497 e. The van der Waals surface area contributed by atoms with Crippen molar-refractivity contribution < 1.29 is 19.0 Å². The number of anilines is 1. The van der Waals surface area contributed by atoms with Gasteiger partial charge in [0.25, 0.3) is 0 Å². The van der Waals surface area contributed by atoms with Crippen LogP contribution in [0.15, 0.2) is 66.7 Å². The summed E-state index contributed by atoms with van der Waals surface area (Å²) in [7, 11) is 1.61. The number of carbonyl (C=O) groups is 1. The number of methoxy groups -OCH3 is 1. The van der Waals surface area contributed by atoms with Gasteiger partial charge < -0.3 is 24.4 Å². The molecule has 7 nitrogen and oxygen atoms in total. The normalized spacial score (nSPS) is 11.5. The molecule has 7 heteroatoms. The fourth-order valence-electron chi connectivity index (χ4n) is 3.28. The van der Waals surface area contributed by atoms with E-state index < -0.39 is 0 Å². The van der Waals surface area contributed by atoms with Gasteiger partial charge in [-0.25, -0.2) is 4.79 Å². The number of nitriles is 1. The van der Waals surface area contributed by atoms with Gasteiger partial charge in [0.05, 0.1) is 18.7 Å². The van der Waals surface area contributed by atoms with Crippen molar-refractivity contribution in [3.63, 3.8) is 0 Å². The van der Waals surface area contributed by atoms with Gasteiger partial charge in [-0.05, 0) is 53.6 Å². The van der Waals surface area contributed by atoms with Crippen molar-refractivity contribution in [2.24, 2.45) is 0 Å². The molecule has 0 bridgehead atoms. The molecule has 0 atom stereocenters. The SMILES string of the molecule is COc1ccc(CN(Cc2ccc3c(c2)OCO3)C(=O)Nc2cccc(C#N)c2)cc1. The van der Waals surface area contributed by atoms with Crippen molar-refractivity contribution >= 4 is 11.7 Å². The number of fused-ring (bicyclic) bond motifs is 1. The third kappa shape index (κ3) is 4.87. The zero-order valence-electron chi connectivity index (χ0n) is 17.0. The highest BCUT2D eigenvalue weighted by Gasteiger charge is 2.18. The Kier molecular flexibility index (Phi) is 5.90. The van der Waals surface area contributed by atoms with Crippen LogP contribution in [0.3, 0.4) is 0 Å². The van der Waals surface area contributed by atoms with Crippen LogP contribution in [0.5, 0.6) is 17.2 Å². The van der Waals surface area contributed by atoms with Gasteiger partial charge >= 0.3 is 6.03 Å².